The van der Waals surface area contributed by atoms with Crippen molar-refractivity contribution in [1.29, 1.82) is 0 Å². The van der Waals surface area contributed by atoms with Crippen molar-refractivity contribution in [2.75, 3.05) is 30.9 Å². The Morgan fingerprint density at radius 3 is 3.05 bits per heavy atom. The van der Waals surface area contributed by atoms with Gasteiger partial charge in [-0.2, -0.15) is 0 Å². The molecule has 2 aromatic rings. The zero-order valence-electron chi connectivity index (χ0n) is 12.7. The van der Waals surface area contributed by atoms with Gasteiger partial charge in [-0.25, -0.2) is 4.98 Å². The van der Waals surface area contributed by atoms with Gasteiger partial charge in [0.2, 0.25) is 0 Å². The Bertz CT molecular complexity index is 644. The molecule has 2 heterocycles. The third kappa shape index (κ3) is 2.87. The van der Waals surface area contributed by atoms with Crippen molar-refractivity contribution in [1.82, 2.24) is 4.98 Å². The summed E-state index contributed by atoms with van der Waals surface area (Å²) >= 11 is 1.75. The van der Waals surface area contributed by atoms with Crippen LogP contribution in [0, 0.1) is 12.8 Å². The summed E-state index contributed by atoms with van der Waals surface area (Å²) in [6.45, 7) is 4.38. The molecule has 0 aliphatic carbocycles. The lowest BCUT2D eigenvalue weighted by Crippen LogP contribution is -2.37. The first kappa shape index (κ1) is 14.7. The van der Waals surface area contributed by atoms with E-state index >= 15 is 0 Å². The van der Waals surface area contributed by atoms with Gasteiger partial charge in [-0.15, -0.1) is 11.8 Å². The molecule has 0 amide bonds. The fourth-order valence-corrected chi connectivity index (χ4v) is 3.69. The molecule has 1 saturated heterocycles. The Kier molecular flexibility index (Phi) is 4.36. The predicted molar refractivity (Wildman–Crippen MR) is 90.3 cm³/mol. The summed E-state index contributed by atoms with van der Waals surface area (Å²) in [6.07, 6.45) is 4.35. The van der Waals surface area contributed by atoms with Crippen LogP contribution in [0.4, 0.5) is 5.82 Å². The van der Waals surface area contributed by atoms with Crippen LogP contribution in [0.2, 0.25) is 0 Å². The van der Waals surface area contributed by atoms with Gasteiger partial charge in [-0.1, -0.05) is 12.1 Å². The first-order chi connectivity index (χ1) is 10.2. The molecule has 3 nitrogen and oxygen atoms in total. The molecule has 0 bridgehead atoms. The van der Waals surface area contributed by atoms with Gasteiger partial charge in [0.15, 0.2) is 0 Å². The Balaban J connectivity index is 2.03. The molecular formula is C17H22N2OS. The quantitative estimate of drug-likeness (QED) is 0.881. The average Bonchev–Trinajstić information content (AvgIpc) is 2.54. The maximum absolute atomic E-state index is 9.41. The van der Waals surface area contributed by atoms with E-state index in [2.05, 4.69) is 42.3 Å². The van der Waals surface area contributed by atoms with Crippen LogP contribution >= 0.6 is 11.8 Å². The van der Waals surface area contributed by atoms with Crippen LogP contribution in [0.1, 0.15) is 18.4 Å². The molecule has 4 heteroatoms. The number of para-hydroxylation sites is 1. The van der Waals surface area contributed by atoms with Crippen LogP contribution in [0.25, 0.3) is 10.9 Å². The summed E-state index contributed by atoms with van der Waals surface area (Å²) in [6, 6.07) is 8.57. The zero-order valence-corrected chi connectivity index (χ0v) is 13.5. The van der Waals surface area contributed by atoms with Crippen molar-refractivity contribution < 1.29 is 5.11 Å². The van der Waals surface area contributed by atoms with Gasteiger partial charge in [0, 0.05) is 30.0 Å². The van der Waals surface area contributed by atoms with Crippen LogP contribution < -0.4 is 4.90 Å². The highest BCUT2D eigenvalue weighted by atomic mass is 32.2. The smallest absolute Gasteiger partial charge is 0.129 e. The zero-order chi connectivity index (χ0) is 14.8. The van der Waals surface area contributed by atoms with E-state index in [9.17, 15) is 5.11 Å². The van der Waals surface area contributed by atoms with Crippen LogP contribution in [-0.4, -0.2) is 36.0 Å². The summed E-state index contributed by atoms with van der Waals surface area (Å²) in [5.74, 6) is 1.44. The van der Waals surface area contributed by atoms with Crippen molar-refractivity contribution in [2.24, 2.45) is 5.92 Å². The largest absolute Gasteiger partial charge is 0.396 e. The number of anilines is 1. The second kappa shape index (κ2) is 6.24. The number of aliphatic hydroxyl groups excluding tert-OH is 1. The van der Waals surface area contributed by atoms with Crippen molar-refractivity contribution in [2.45, 2.75) is 24.7 Å². The molecule has 1 aromatic carbocycles. The third-order valence-electron chi connectivity index (χ3n) is 4.32. The van der Waals surface area contributed by atoms with Crippen molar-refractivity contribution >= 4 is 28.5 Å². The lowest BCUT2D eigenvalue weighted by atomic mass is 9.99. The summed E-state index contributed by atoms with van der Waals surface area (Å²) in [5.41, 5.74) is 2.38. The number of aryl methyl sites for hydroxylation is 1. The Morgan fingerprint density at radius 1 is 1.43 bits per heavy atom. The van der Waals surface area contributed by atoms with Crippen molar-refractivity contribution in [3.63, 3.8) is 0 Å². The normalized spacial score (nSPS) is 19.2. The average molecular weight is 302 g/mol. The summed E-state index contributed by atoms with van der Waals surface area (Å²) in [7, 11) is 0. The maximum atomic E-state index is 9.41. The molecule has 0 spiro atoms. The molecule has 1 atom stereocenters. The van der Waals surface area contributed by atoms with E-state index in [-0.39, 0.29) is 6.61 Å². The minimum atomic E-state index is 0.277. The number of piperidine rings is 1. The van der Waals surface area contributed by atoms with Crippen LogP contribution in [0.3, 0.4) is 0 Å². The Hall–Kier alpha value is -1.26. The third-order valence-corrected chi connectivity index (χ3v) is 5.09. The van der Waals surface area contributed by atoms with E-state index in [4.69, 9.17) is 4.98 Å². The van der Waals surface area contributed by atoms with Crippen LogP contribution in [-0.2, 0) is 0 Å². The molecular weight excluding hydrogens is 280 g/mol. The first-order valence-electron chi connectivity index (χ1n) is 7.53. The first-order valence-corrected chi connectivity index (χ1v) is 8.75. The number of hydrogen-bond acceptors (Lipinski definition) is 4. The molecule has 1 aliphatic rings. The minimum Gasteiger partial charge on any atom is -0.396 e. The summed E-state index contributed by atoms with van der Waals surface area (Å²) in [4.78, 5) is 8.48. The standard InChI is InChI=1S/C17H22N2OS/c1-12-9-16(19-8-4-5-13(10-19)11-20)18-17-14(12)6-3-7-15(17)21-2/h3,6-7,9,13,20H,4-5,8,10-11H2,1-2H3. The predicted octanol–water partition coefficient (Wildman–Crippen LogP) is 3.47. The maximum Gasteiger partial charge on any atom is 0.129 e. The molecule has 1 aromatic heterocycles. The number of fused-ring (bicyclic) bond motifs is 1. The highest BCUT2D eigenvalue weighted by molar-refractivity contribution is 7.98. The van der Waals surface area contributed by atoms with Gasteiger partial charge >= 0.3 is 0 Å². The second-order valence-corrected chi connectivity index (χ2v) is 6.64. The van der Waals surface area contributed by atoms with Gasteiger partial charge in [-0.3, -0.25) is 0 Å². The van der Waals surface area contributed by atoms with Gasteiger partial charge in [0.25, 0.3) is 0 Å². The van der Waals surface area contributed by atoms with E-state index in [0.29, 0.717) is 5.92 Å². The number of aromatic nitrogens is 1. The number of nitrogens with zero attached hydrogens (tertiary/aromatic N) is 2. The fourth-order valence-electron chi connectivity index (χ4n) is 3.12. The SMILES string of the molecule is CSc1cccc2c(C)cc(N3CCCC(CO)C3)nc12. The van der Waals surface area contributed by atoms with E-state index in [0.717, 1.165) is 37.3 Å². The molecule has 1 aliphatic heterocycles. The molecule has 3 rings (SSSR count). The van der Waals surface area contributed by atoms with Gasteiger partial charge in [0.05, 0.1) is 5.52 Å². The number of benzene rings is 1. The van der Waals surface area contributed by atoms with Crippen LogP contribution in [0.5, 0.6) is 0 Å². The number of pyridine rings is 1. The van der Waals surface area contributed by atoms with Crippen molar-refractivity contribution in [3.05, 3.63) is 29.8 Å². The highest BCUT2D eigenvalue weighted by Crippen LogP contribution is 2.31. The van der Waals surface area contributed by atoms with Gasteiger partial charge in [-0.05, 0) is 49.6 Å². The highest BCUT2D eigenvalue weighted by Gasteiger charge is 2.21. The number of thioether (sulfide) groups is 1. The van der Waals surface area contributed by atoms with Gasteiger partial charge in [0.1, 0.15) is 5.82 Å². The number of rotatable bonds is 3. The number of aliphatic hydroxyl groups is 1. The lowest BCUT2D eigenvalue weighted by Gasteiger charge is -2.33. The molecule has 0 saturated carbocycles. The summed E-state index contributed by atoms with van der Waals surface area (Å²) < 4.78 is 0. The topological polar surface area (TPSA) is 36.4 Å². The second-order valence-electron chi connectivity index (χ2n) is 5.79. The van der Waals surface area contributed by atoms with E-state index < -0.39 is 0 Å². The van der Waals surface area contributed by atoms with Crippen LogP contribution in [0.15, 0.2) is 29.2 Å². The Labute approximate surface area is 130 Å². The number of hydrogen-bond donors (Lipinski definition) is 1. The van der Waals surface area contributed by atoms with E-state index in [1.165, 1.54) is 15.8 Å². The molecule has 1 N–H and O–H groups in total. The van der Waals surface area contributed by atoms with Gasteiger partial charge < -0.3 is 10.0 Å². The lowest BCUT2D eigenvalue weighted by molar-refractivity contribution is 0.208. The molecule has 112 valence electrons. The van der Waals surface area contributed by atoms with E-state index in [1.54, 1.807) is 11.8 Å². The Morgan fingerprint density at radius 2 is 2.29 bits per heavy atom. The molecule has 0 radical (unpaired) electrons. The molecule has 1 unspecified atom stereocenters. The summed E-state index contributed by atoms with van der Waals surface area (Å²) in [5, 5.41) is 10.7. The van der Waals surface area contributed by atoms with Crippen molar-refractivity contribution in [3.8, 4) is 0 Å². The minimum absolute atomic E-state index is 0.277. The fraction of sp³-hybridized carbons (Fsp3) is 0.471. The molecule has 21 heavy (non-hydrogen) atoms. The van der Waals surface area contributed by atoms with E-state index in [1.807, 2.05) is 0 Å². The monoisotopic (exact) mass is 302 g/mol. The molecule has 1 fully saturated rings.